The van der Waals surface area contributed by atoms with Gasteiger partial charge in [-0.05, 0) is 91.2 Å². The number of rotatable bonds is 4. The molecule has 194 valence electrons. The molecule has 0 aromatic carbocycles. The summed E-state index contributed by atoms with van der Waals surface area (Å²) in [6.45, 7) is 15.8. The lowest BCUT2D eigenvalue weighted by molar-refractivity contribution is -0.0133. The van der Waals surface area contributed by atoms with Crippen LogP contribution in [0.1, 0.15) is 89.6 Å². The fraction of sp³-hybridized carbons (Fsp3) is 0.594. The van der Waals surface area contributed by atoms with Gasteiger partial charge in [-0.1, -0.05) is 57.4 Å². The third-order valence-corrected chi connectivity index (χ3v) is 9.21. The molecule has 2 aliphatic heterocycles. The van der Waals surface area contributed by atoms with Crippen LogP contribution in [0.25, 0.3) is 0 Å². The maximum Gasteiger partial charge on any atom is 0.289 e. The molecule has 3 heterocycles. The largest absolute Gasteiger partial charge is 0.459 e. The number of amides is 1. The van der Waals surface area contributed by atoms with E-state index in [9.17, 15) is 4.79 Å². The van der Waals surface area contributed by atoms with Crippen molar-refractivity contribution in [1.82, 2.24) is 4.90 Å². The summed E-state index contributed by atoms with van der Waals surface area (Å²) in [5.41, 5.74) is 7.16. The molecule has 1 aromatic heterocycles. The average molecular weight is 490 g/mol. The van der Waals surface area contributed by atoms with Crippen LogP contribution in [0.3, 0.4) is 0 Å². The number of piperidine rings is 1. The van der Waals surface area contributed by atoms with Crippen LogP contribution in [0.4, 0.5) is 0 Å². The van der Waals surface area contributed by atoms with Gasteiger partial charge in [0, 0.05) is 19.5 Å². The summed E-state index contributed by atoms with van der Waals surface area (Å²) in [6, 6.07) is 3.55. The van der Waals surface area contributed by atoms with Gasteiger partial charge < -0.3 is 14.1 Å². The van der Waals surface area contributed by atoms with Crippen molar-refractivity contribution in [2.24, 2.45) is 17.3 Å². The first kappa shape index (κ1) is 25.3. The van der Waals surface area contributed by atoms with Gasteiger partial charge in [0.05, 0.1) is 18.5 Å². The van der Waals surface area contributed by atoms with Crippen molar-refractivity contribution in [3.8, 4) is 0 Å². The van der Waals surface area contributed by atoms with E-state index in [4.69, 9.17) is 9.15 Å². The van der Waals surface area contributed by atoms with Gasteiger partial charge in [0.15, 0.2) is 5.76 Å². The molecule has 1 amide bonds. The summed E-state index contributed by atoms with van der Waals surface area (Å²) in [6.07, 6.45) is 15.7. The van der Waals surface area contributed by atoms with Crippen molar-refractivity contribution in [2.45, 2.75) is 84.7 Å². The van der Waals surface area contributed by atoms with Gasteiger partial charge in [0.2, 0.25) is 0 Å². The maximum absolute atomic E-state index is 12.9. The normalized spacial score (nSPS) is 26.8. The highest BCUT2D eigenvalue weighted by molar-refractivity contribution is 5.91. The molecule has 4 nitrogen and oxygen atoms in total. The highest BCUT2D eigenvalue weighted by Crippen LogP contribution is 2.51. The first-order chi connectivity index (χ1) is 17.2. The summed E-state index contributed by atoms with van der Waals surface area (Å²) in [7, 11) is 0. The Bertz CT molecular complexity index is 1090. The van der Waals surface area contributed by atoms with Gasteiger partial charge in [0.1, 0.15) is 0 Å². The zero-order chi connectivity index (χ0) is 25.5. The molecule has 1 aromatic rings. The molecular weight excluding hydrogens is 446 g/mol. The Kier molecular flexibility index (Phi) is 6.93. The standard InChI is InChI=1S/C32H43NO3/c1-6-24-26-20-31(3,4)36-21-27(26)25(23-11-8-7-9-12-23)19-22(2)29(24)32(5)14-16-33(17-15-32)30(34)28-13-10-18-35-28/h6,10,13,18-19,22-23H,1,7-9,11-12,14-17,20-21H2,2-5H3. The van der Waals surface area contributed by atoms with Crippen molar-refractivity contribution < 1.29 is 13.9 Å². The van der Waals surface area contributed by atoms with E-state index in [1.54, 1.807) is 24.0 Å². The Morgan fingerprint density at radius 1 is 1.11 bits per heavy atom. The lowest BCUT2D eigenvalue weighted by Gasteiger charge is -2.44. The van der Waals surface area contributed by atoms with E-state index >= 15 is 0 Å². The molecule has 1 atom stereocenters. The van der Waals surface area contributed by atoms with Gasteiger partial charge in [-0.3, -0.25) is 4.79 Å². The van der Waals surface area contributed by atoms with Gasteiger partial charge in [-0.15, -0.1) is 0 Å². The first-order valence-electron chi connectivity index (χ1n) is 14.0. The van der Waals surface area contributed by atoms with Gasteiger partial charge in [0.25, 0.3) is 5.91 Å². The number of nitrogens with zero attached hydrogens (tertiary/aromatic N) is 1. The Morgan fingerprint density at radius 3 is 2.47 bits per heavy atom. The van der Waals surface area contributed by atoms with Crippen molar-refractivity contribution in [3.63, 3.8) is 0 Å². The summed E-state index contributed by atoms with van der Waals surface area (Å²) >= 11 is 0. The third kappa shape index (κ3) is 4.69. The minimum Gasteiger partial charge on any atom is -0.459 e. The highest BCUT2D eigenvalue weighted by Gasteiger charge is 2.42. The molecule has 1 saturated heterocycles. The molecule has 5 rings (SSSR count). The predicted octanol–water partition coefficient (Wildman–Crippen LogP) is 7.66. The lowest BCUT2D eigenvalue weighted by Crippen LogP contribution is -2.43. The second-order valence-electron chi connectivity index (χ2n) is 12.3. The minimum atomic E-state index is -0.177. The first-order valence-corrected chi connectivity index (χ1v) is 14.0. The van der Waals surface area contributed by atoms with Crippen LogP contribution in [0.5, 0.6) is 0 Å². The smallest absolute Gasteiger partial charge is 0.289 e. The average Bonchev–Trinajstić information content (AvgIpc) is 3.37. The molecular formula is C32H43NO3. The number of hydrogen-bond donors (Lipinski definition) is 0. The molecule has 4 aliphatic rings. The minimum absolute atomic E-state index is 0.00421. The monoisotopic (exact) mass is 489 g/mol. The fourth-order valence-corrected chi connectivity index (χ4v) is 7.25. The summed E-state index contributed by atoms with van der Waals surface area (Å²) < 4.78 is 11.8. The SMILES string of the molecule is C=CC1=C(C2(C)CCN(C(=O)c3ccco3)CC2)C(C)C=C(C2CCCCC2)C2=C1CC(C)(C)OC2. The van der Waals surface area contributed by atoms with Crippen LogP contribution in [0.15, 0.2) is 69.4 Å². The number of ether oxygens (including phenoxy) is 1. The Morgan fingerprint density at radius 2 is 1.83 bits per heavy atom. The zero-order valence-electron chi connectivity index (χ0n) is 22.7. The van der Waals surface area contributed by atoms with Crippen LogP contribution in [-0.2, 0) is 4.74 Å². The molecule has 2 fully saturated rings. The number of hydrogen-bond acceptors (Lipinski definition) is 3. The summed E-state index contributed by atoms with van der Waals surface area (Å²) in [5.74, 6) is 1.42. The van der Waals surface area contributed by atoms with Crippen LogP contribution in [-0.4, -0.2) is 36.1 Å². The number of allylic oxidation sites excluding steroid dienone is 4. The van der Waals surface area contributed by atoms with Crippen LogP contribution < -0.4 is 0 Å². The predicted molar refractivity (Wildman–Crippen MR) is 145 cm³/mol. The van der Waals surface area contributed by atoms with Gasteiger partial charge in [-0.2, -0.15) is 0 Å². The molecule has 4 heteroatoms. The summed E-state index contributed by atoms with van der Waals surface area (Å²) in [4.78, 5) is 14.9. The quantitative estimate of drug-likeness (QED) is 0.436. The second-order valence-corrected chi connectivity index (χ2v) is 12.3. The maximum atomic E-state index is 12.9. The number of carbonyl (C=O) groups excluding carboxylic acids is 1. The molecule has 0 spiro atoms. The Balaban J connectivity index is 1.52. The topological polar surface area (TPSA) is 42.7 Å². The second kappa shape index (κ2) is 9.85. The molecule has 2 aliphatic carbocycles. The fourth-order valence-electron chi connectivity index (χ4n) is 7.25. The lowest BCUT2D eigenvalue weighted by atomic mass is 9.67. The van der Waals surface area contributed by atoms with E-state index in [1.165, 1.54) is 54.4 Å². The van der Waals surface area contributed by atoms with Crippen molar-refractivity contribution in [2.75, 3.05) is 19.7 Å². The molecule has 1 saturated carbocycles. The molecule has 1 unspecified atom stereocenters. The van der Waals surface area contributed by atoms with Crippen LogP contribution in [0, 0.1) is 17.3 Å². The number of likely N-dealkylation sites (tertiary alicyclic amines) is 1. The van der Waals surface area contributed by atoms with Crippen LogP contribution in [0.2, 0.25) is 0 Å². The molecule has 36 heavy (non-hydrogen) atoms. The van der Waals surface area contributed by atoms with E-state index in [0.29, 0.717) is 24.2 Å². The number of furan rings is 1. The van der Waals surface area contributed by atoms with Gasteiger partial charge >= 0.3 is 0 Å². The molecule has 0 N–H and O–H groups in total. The number of carbonyl (C=O) groups is 1. The molecule has 0 bridgehead atoms. The van der Waals surface area contributed by atoms with E-state index in [2.05, 4.69) is 46.4 Å². The third-order valence-electron chi connectivity index (χ3n) is 9.21. The van der Waals surface area contributed by atoms with Crippen molar-refractivity contribution in [3.05, 3.63) is 70.8 Å². The molecule has 0 radical (unpaired) electrons. The van der Waals surface area contributed by atoms with E-state index in [1.807, 2.05) is 4.90 Å². The van der Waals surface area contributed by atoms with E-state index in [-0.39, 0.29) is 16.9 Å². The Hall–Kier alpha value is -2.33. The van der Waals surface area contributed by atoms with Crippen molar-refractivity contribution in [1.29, 1.82) is 0 Å². The van der Waals surface area contributed by atoms with E-state index in [0.717, 1.165) is 32.4 Å². The van der Waals surface area contributed by atoms with Gasteiger partial charge in [-0.25, -0.2) is 0 Å². The highest BCUT2D eigenvalue weighted by atomic mass is 16.5. The van der Waals surface area contributed by atoms with Crippen molar-refractivity contribution >= 4 is 5.91 Å². The zero-order valence-corrected chi connectivity index (χ0v) is 22.7. The Labute approximate surface area is 217 Å². The summed E-state index contributed by atoms with van der Waals surface area (Å²) in [5, 5.41) is 0. The van der Waals surface area contributed by atoms with E-state index < -0.39 is 0 Å². The van der Waals surface area contributed by atoms with Crippen LogP contribution >= 0.6 is 0 Å².